The number of nitrogens with zero attached hydrogens (tertiary/aromatic N) is 3. The molecule has 0 amide bonds. The van der Waals surface area contributed by atoms with Crippen LogP contribution in [0.5, 0.6) is 51.7 Å². The number of hydrogen-bond donors (Lipinski definition) is 3. The summed E-state index contributed by atoms with van der Waals surface area (Å²) in [4.78, 5) is 37.1. The summed E-state index contributed by atoms with van der Waals surface area (Å²) in [6.07, 6.45) is 6.93. The van der Waals surface area contributed by atoms with Gasteiger partial charge in [-0.2, -0.15) is 0 Å². The van der Waals surface area contributed by atoms with Crippen LogP contribution in [0.2, 0.25) is 5.02 Å². The predicted molar refractivity (Wildman–Crippen MR) is 440 cm³/mol. The van der Waals surface area contributed by atoms with Crippen molar-refractivity contribution in [3.05, 3.63) is 269 Å². The maximum absolute atomic E-state index is 13.8. The topological polar surface area (TPSA) is 132 Å². The van der Waals surface area contributed by atoms with Crippen molar-refractivity contribution in [2.24, 2.45) is 17.8 Å². The predicted octanol–water partition coefficient (Wildman–Crippen LogP) is 23.0. The number of carbonyl (C=O) groups is 2. The summed E-state index contributed by atoms with van der Waals surface area (Å²) in [6.45, 7) is 33.4. The van der Waals surface area contributed by atoms with Gasteiger partial charge in [-0.25, -0.2) is 4.39 Å². The highest BCUT2D eigenvalue weighted by atomic mass is 35.5. The molecule has 0 radical (unpaired) electrons. The molecule has 11 nitrogen and oxygen atoms in total. The molecular formula is C91H93ClFN3O8S3. The Bertz CT molecular complexity index is 4990. The van der Waals surface area contributed by atoms with E-state index in [9.17, 15) is 29.3 Å². The first kappa shape index (κ1) is 76.1. The number of benzene rings is 9. The fourth-order valence-electron chi connectivity index (χ4n) is 15.2. The average molecular weight is 1510 g/mol. The number of aromatic hydroxyl groups is 3. The maximum Gasteiger partial charge on any atom is 0.207 e. The van der Waals surface area contributed by atoms with Crippen molar-refractivity contribution in [1.82, 2.24) is 14.7 Å². The number of phenolic OH excluding ortho intramolecular Hbond substituents is 3. The maximum atomic E-state index is 13.8. The first-order valence-corrected chi connectivity index (χ1v) is 39.9. The van der Waals surface area contributed by atoms with Gasteiger partial charge in [0.1, 0.15) is 50.1 Å². The smallest absolute Gasteiger partial charge is 0.207 e. The summed E-state index contributed by atoms with van der Waals surface area (Å²) in [5.74, 6) is 6.43. The zero-order valence-electron chi connectivity index (χ0n) is 62.4. The molecule has 107 heavy (non-hydrogen) atoms. The zero-order chi connectivity index (χ0) is 75.3. The molecule has 0 spiro atoms. The van der Waals surface area contributed by atoms with E-state index in [-0.39, 0.29) is 34.6 Å². The van der Waals surface area contributed by atoms with Crippen LogP contribution < -0.4 is 14.2 Å². The van der Waals surface area contributed by atoms with Crippen LogP contribution in [-0.2, 0) is 19.3 Å². The number of aryl methyl sites for hydroxylation is 6. The second-order valence-corrected chi connectivity index (χ2v) is 33.3. The minimum Gasteiger partial charge on any atom is -0.508 e. The highest BCUT2D eigenvalue weighted by Gasteiger charge is 2.29. The average Bonchev–Trinajstić information content (AvgIpc) is 1.63. The first-order chi connectivity index (χ1) is 51.4. The van der Waals surface area contributed by atoms with Crippen molar-refractivity contribution in [3.63, 3.8) is 0 Å². The summed E-state index contributed by atoms with van der Waals surface area (Å²) in [5.41, 5.74) is 12.4. The van der Waals surface area contributed by atoms with E-state index < -0.39 is 0 Å². The third kappa shape index (κ3) is 18.2. The third-order valence-electron chi connectivity index (χ3n) is 20.8. The molecule has 3 aromatic heterocycles. The van der Waals surface area contributed by atoms with Gasteiger partial charge >= 0.3 is 0 Å². The molecule has 12 aromatic rings. The highest BCUT2D eigenvalue weighted by Crippen LogP contribution is 2.49. The van der Waals surface area contributed by atoms with E-state index in [1.54, 1.807) is 48.5 Å². The lowest BCUT2D eigenvalue weighted by Gasteiger charge is -2.15. The number of carbonyl (C=O) groups excluding carboxylic acids is 2. The second kappa shape index (κ2) is 33.5. The SMILES string of the molecule is C=C(c1ccc(F)cc1C)c1sc2cc(O)ccc2c1Oc1ccc(CCN2CCC(C)C2)cc1.Cc1cc(C)c(C(=O)c2sc3cc(O)ccc3c2Oc2ccc(CCN3CCC(C)C3)cc2)c(C)c1.Cc1cc(Cl)cc(C)c1C(=O)c1sc2cc(O)ccc2c1Oc1ccc(CCN2CCC(C)C2)cc1. The summed E-state index contributed by atoms with van der Waals surface area (Å²) in [7, 11) is 0. The van der Waals surface area contributed by atoms with Crippen molar-refractivity contribution in [1.29, 1.82) is 0 Å². The standard InChI is InChI=1S/C31H33NO3S.C30H30ClNO3S.C30H30FNO2S/c1-19-11-13-32(18-19)14-12-23-5-8-25(9-6-23)35-30-26-10-7-24(33)17-27(26)36-31(30)29(34)28-21(3)15-20(2)16-22(28)4;1-18-10-12-32(17-18)13-11-21-4-7-24(8-5-21)35-29-25-9-6-23(33)16-26(25)36-30(29)28(34)27-19(2)14-22(31)15-20(27)3;1-19-12-14-32(18-19)15-13-22-4-8-25(9-5-22)34-29-27-11-7-24(33)17-28(27)35-30(29)21(3)26-10-6-23(31)16-20(26)2/h5-10,15-17,19,33H,11-14,18H2,1-4H3;4-9,14-16,18,33H,10-13,17H2,1-3H3;4-11,16-17,19,33H,3,12-15,18H2,1-2H3. The molecule has 9 aromatic carbocycles. The Morgan fingerprint density at radius 2 is 0.785 bits per heavy atom. The largest absolute Gasteiger partial charge is 0.508 e. The van der Waals surface area contributed by atoms with Crippen molar-refractivity contribution in [2.45, 2.75) is 101 Å². The number of ether oxygens (including phenoxy) is 3. The molecule has 3 fully saturated rings. The van der Waals surface area contributed by atoms with Gasteiger partial charge in [0.2, 0.25) is 11.6 Å². The Hall–Kier alpha value is -9.16. The number of phenols is 3. The minimum absolute atomic E-state index is 0.0443. The molecule has 16 heteroatoms. The van der Waals surface area contributed by atoms with E-state index in [2.05, 4.69) is 78.4 Å². The Morgan fingerprint density at radius 1 is 0.449 bits per heavy atom. The van der Waals surface area contributed by atoms with Gasteiger partial charge in [-0.1, -0.05) is 99.1 Å². The number of likely N-dealkylation sites (tertiary alicyclic amines) is 3. The van der Waals surface area contributed by atoms with Gasteiger partial charge in [0, 0.05) is 85.7 Å². The van der Waals surface area contributed by atoms with Gasteiger partial charge < -0.3 is 44.2 Å². The number of hydrogen-bond acceptors (Lipinski definition) is 14. The first-order valence-electron chi connectivity index (χ1n) is 37.1. The van der Waals surface area contributed by atoms with Crippen molar-refractivity contribution < 1.29 is 43.5 Å². The van der Waals surface area contributed by atoms with Gasteiger partial charge in [0.05, 0.1) is 4.88 Å². The number of ketones is 2. The number of thiophene rings is 3. The van der Waals surface area contributed by atoms with Gasteiger partial charge in [0.25, 0.3) is 0 Å². The van der Waals surface area contributed by atoms with Crippen LogP contribution in [0.4, 0.5) is 4.39 Å². The van der Waals surface area contributed by atoms with Gasteiger partial charge in [-0.15, -0.1) is 34.0 Å². The Morgan fingerprint density at radius 3 is 1.12 bits per heavy atom. The number of halogens is 2. The number of fused-ring (bicyclic) bond motifs is 3. The van der Waals surface area contributed by atoms with Gasteiger partial charge in [-0.05, 0) is 288 Å². The van der Waals surface area contributed by atoms with Crippen LogP contribution in [0.25, 0.3) is 35.8 Å². The lowest BCUT2D eigenvalue weighted by Crippen LogP contribution is -2.22. The molecule has 3 saturated heterocycles. The molecule has 3 N–H and O–H groups in total. The Kier molecular flexibility index (Phi) is 23.8. The van der Waals surface area contributed by atoms with E-state index in [0.717, 1.165) is 142 Å². The molecule has 15 rings (SSSR count). The minimum atomic E-state index is -0.267. The van der Waals surface area contributed by atoms with Crippen molar-refractivity contribution in [3.8, 4) is 51.7 Å². The molecule has 552 valence electrons. The van der Waals surface area contributed by atoms with Crippen LogP contribution >= 0.6 is 45.6 Å². The summed E-state index contributed by atoms with van der Waals surface area (Å²) >= 11 is 10.4. The normalized spacial score (nSPS) is 16.1. The van der Waals surface area contributed by atoms with Crippen molar-refractivity contribution in [2.75, 3.05) is 58.9 Å². The van der Waals surface area contributed by atoms with Gasteiger partial charge in [-0.3, -0.25) is 9.59 Å². The van der Waals surface area contributed by atoms with E-state index >= 15 is 0 Å². The lowest BCUT2D eigenvalue weighted by molar-refractivity contribution is 0.103. The molecule has 3 unspecified atom stereocenters. The third-order valence-corrected chi connectivity index (χ3v) is 24.5. The summed E-state index contributed by atoms with van der Waals surface area (Å²) in [6, 6.07) is 52.6. The molecule has 0 saturated carbocycles. The second-order valence-electron chi connectivity index (χ2n) is 29.7. The number of rotatable bonds is 21. The van der Waals surface area contributed by atoms with E-state index in [1.807, 2.05) is 114 Å². The van der Waals surface area contributed by atoms with Crippen LogP contribution in [0, 0.1) is 65.1 Å². The fourth-order valence-corrected chi connectivity index (χ4v) is 18.9. The van der Waals surface area contributed by atoms with Gasteiger partial charge in [0.15, 0.2) is 17.2 Å². The highest BCUT2D eigenvalue weighted by molar-refractivity contribution is 7.22. The molecule has 3 aliphatic heterocycles. The fraction of sp³-hybridized carbons (Fsp3) is 0.297. The van der Waals surface area contributed by atoms with E-state index in [4.69, 9.17) is 25.8 Å². The molecular weight excluding hydrogens is 1410 g/mol. The molecule has 6 heterocycles. The lowest BCUT2D eigenvalue weighted by atomic mass is 9.95. The summed E-state index contributed by atoms with van der Waals surface area (Å²) in [5, 5.41) is 33.3. The van der Waals surface area contributed by atoms with Crippen LogP contribution in [0.3, 0.4) is 0 Å². The van der Waals surface area contributed by atoms with Crippen LogP contribution in [0.15, 0.2) is 176 Å². The monoisotopic (exact) mass is 1510 g/mol. The molecule has 0 aliphatic carbocycles. The van der Waals surface area contributed by atoms with E-state index in [1.165, 1.54) is 121 Å². The van der Waals surface area contributed by atoms with E-state index in [0.29, 0.717) is 54.7 Å². The van der Waals surface area contributed by atoms with Crippen molar-refractivity contribution >= 4 is 93.0 Å². The molecule has 0 bridgehead atoms. The van der Waals surface area contributed by atoms with Crippen LogP contribution in [-0.4, -0.2) is 100 Å². The Balaban J connectivity index is 0.000000142. The molecule has 3 aliphatic rings. The quantitative estimate of drug-likeness (QED) is 0.0594. The Labute approximate surface area is 644 Å². The molecule has 3 atom stereocenters. The summed E-state index contributed by atoms with van der Waals surface area (Å²) < 4.78 is 35.4. The van der Waals surface area contributed by atoms with Crippen LogP contribution in [0.1, 0.15) is 131 Å². The zero-order valence-corrected chi connectivity index (χ0v) is 65.6.